The summed E-state index contributed by atoms with van der Waals surface area (Å²) in [6.07, 6.45) is 0. The van der Waals surface area contributed by atoms with Gasteiger partial charge in [-0.3, -0.25) is 9.20 Å². The van der Waals surface area contributed by atoms with Crippen molar-refractivity contribution >= 4 is 34.1 Å². The minimum absolute atomic E-state index is 0.0665. The molecule has 0 aliphatic carbocycles. The molecule has 0 saturated heterocycles. The maximum Gasteiger partial charge on any atom is 0.196 e. The van der Waals surface area contributed by atoms with E-state index < -0.39 is 0 Å². The first-order chi connectivity index (χ1) is 12.5. The van der Waals surface area contributed by atoms with Gasteiger partial charge in [-0.1, -0.05) is 30.0 Å². The number of Topliss-reactive ketones (excluding diaryl/α,β-unsaturated/α-hetero) is 1. The molecule has 0 aliphatic rings. The molecule has 26 heavy (non-hydrogen) atoms. The first-order valence-electron chi connectivity index (χ1n) is 8.24. The van der Waals surface area contributed by atoms with Crippen molar-refractivity contribution in [3.63, 3.8) is 0 Å². The maximum atomic E-state index is 13.1. The lowest BCUT2D eigenvalue weighted by atomic mass is 10.1. The first-order valence-corrected chi connectivity index (χ1v) is 9.12. The van der Waals surface area contributed by atoms with Crippen LogP contribution in [-0.4, -0.2) is 25.6 Å². The number of para-hydroxylation sites is 1. The Hall–Kier alpha value is -2.73. The van der Waals surface area contributed by atoms with E-state index >= 15 is 0 Å². The second-order valence-electron chi connectivity index (χ2n) is 6.15. The number of aromatic nitrogens is 3. The molecule has 1 unspecified atom stereocenters. The summed E-state index contributed by atoms with van der Waals surface area (Å²) in [6, 6.07) is 15.7. The van der Waals surface area contributed by atoms with E-state index in [0.717, 1.165) is 22.1 Å². The van der Waals surface area contributed by atoms with Crippen molar-refractivity contribution in [1.29, 1.82) is 0 Å². The van der Waals surface area contributed by atoms with Crippen LogP contribution in [-0.2, 0) is 0 Å². The van der Waals surface area contributed by atoms with E-state index in [2.05, 4.69) is 16.3 Å². The number of pyridine rings is 1. The van der Waals surface area contributed by atoms with Gasteiger partial charge < -0.3 is 0 Å². The van der Waals surface area contributed by atoms with Gasteiger partial charge in [0.25, 0.3) is 0 Å². The van der Waals surface area contributed by atoms with Crippen LogP contribution < -0.4 is 0 Å². The van der Waals surface area contributed by atoms with Crippen LogP contribution in [0.25, 0.3) is 16.6 Å². The molecule has 2 aromatic heterocycles. The molecule has 130 valence electrons. The number of thioether (sulfide) groups is 1. The fourth-order valence-corrected chi connectivity index (χ4v) is 3.96. The molecule has 0 spiro atoms. The maximum absolute atomic E-state index is 13.1. The Labute approximate surface area is 154 Å². The molecule has 0 bridgehead atoms. The summed E-state index contributed by atoms with van der Waals surface area (Å²) in [7, 11) is 0. The van der Waals surface area contributed by atoms with Gasteiger partial charge in [-0.05, 0) is 55.8 Å². The third-order valence-corrected chi connectivity index (χ3v) is 5.40. The smallest absolute Gasteiger partial charge is 0.196 e. The molecule has 1 atom stereocenters. The summed E-state index contributed by atoms with van der Waals surface area (Å²) in [4.78, 5) is 12.6. The van der Waals surface area contributed by atoms with Crippen LogP contribution in [0.1, 0.15) is 22.8 Å². The van der Waals surface area contributed by atoms with E-state index in [0.29, 0.717) is 10.7 Å². The number of carbonyl (C=O) groups excluding carboxylic acids is 1. The van der Waals surface area contributed by atoms with Gasteiger partial charge in [0.15, 0.2) is 16.6 Å². The molecule has 6 heteroatoms. The van der Waals surface area contributed by atoms with Crippen LogP contribution in [0.2, 0.25) is 0 Å². The number of ketones is 1. The Bertz CT molecular complexity index is 1120. The molecule has 0 aliphatic heterocycles. The topological polar surface area (TPSA) is 47.3 Å². The summed E-state index contributed by atoms with van der Waals surface area (Å²) in [5, 5.41) is 9.96. The van der Waals surface area contributed by atoms with Crippen molar-refractivity contribution < 1.29 is 9.18 Å². The van der Waals surface area contributed by atoms with Crippen LogP contribution in [0.4, 0.5) is 4.39 Å². The third-order valence-electron chi connectivity index (χ3n) is 4.35. The molecule has 4 nitrogen and oxygen atoms in total. The van der Waals surface area contributed by atoms with Crippen LogP contribution in [0.5, 0.6) is 0 Å². The highest BCUT2D eigenvalue weighted by molar-refractivity contribution is 8.00. The summed E-state index contributed by atoms with van der Waals surface area (Å²) >= 11 is 1.35. The zero-order valence-corrected chi connectivity index (χ0v) is 15.1. The minimum Gasteiger partial charge on any atom is -0.293 e. The molecule has 2 aromatic carbocycles. The Morgan fingerprint density at radius 3 is 2.62 bits per heavy atom. The van der Waals surface area contributed by atoms with Crippen molar-refractivity contribution in [2.45, 2.75) is 24.3 Å². The standard InChI is InChI=1S/C20H16FN3OS/c1-12-11-18-22-23-20(24(18)17-6-4-3-5-16(12)17)26-13(2)19(25)14-7-9-15(21)10-8-14/h3-11,13H,1-2H3. The Balaban J connectivity index is 1.72. The summed E-state index contributed by atoms with van der Waals surface area (Å²) < 4.78 is 15.0. The molecule has 4 aromatic rings. The van der Waals surface area contributed by atoms with E-state index in [9.17, 15) is 9.18 Å². The average molecular weight is 365 g/mol. The van der Waals surface area contributed by atoms with Gasteiger partial charge in [0.1, 0.15) is 5.82 Å². The number of nitrogens with zero attached hydrogens (tertiary/aromatic N) is 3. The fourth-order valence-electron chi connectivity index (χ4n) is 3.01. The number of fused-ring (bicyclic) bond motifs is 3. The van der Waals surface area contributed by atoms with Crippen molar-refractivity contribution in [2.75, 3.05) is 0 Å². The molecular weight excluding hydrogens is 349 g/mol. The number of hydrogen-bond acceptors (Lipinski definition) is 4. The summed E-state index contributed by atoms with van der Waals surface area (Å²) in [5.74, 6) is -0.421. The number of benzene rings is 2. The highest BCUT2D eigenvalue weighted by atomic mass is 32.2. The predicted octanol–water partition coefficient (Wildman–Crippen LogP) is 4.69. The average Bonchev–Trinajstić information content (AvgIpc) is 3.04. The van der Waals surface area contributed by atoms with Crippen LogP contribution in [0, 0.1) is 12.7 Å². The van der Waals surface area contributed by atoms with Crippen LogP contribution >= 0.6 is 11.8 Å². The lowest BCUT2D eigenvalue weighted by Gasteiger charge is -2.11. The number of carbonyl (C=O) groups is 1. The van der Waals surface area contributed by atoms with E-state index in [-0.39, 0.29) is 16.9 Å². The Kier molecular flexibility index (Phi) is 4.20. The number of aryl methyl sites for hydroxylation is 1. The van der Waals surface area contributed by atoms with Crippen molar-refractivity contribution in [3.05, 3.63) is 71.5 Å². The number of halogens is 1. The number of rotatable bonds is 4. The molecule has 0 radical (unpaired) electrons. The zero-order chi connectivity index (χ0) is 18.3. The second kappa shape index (κ2) is 6.53. The molecular formula is C20H16FN3OS. The monoisotopic (exact) mass is 365 g/mol. The van der Waals surface area contributed by atoms with E-state index in [1.54, 1.807) is 0 Å². The zero-order valence-electron chi connectivity index (χ0n) is 14.3. The van der Waals surface area contributed by atoms with E-state index in [1.807, 2.05) is 42.5 Å². The minimum atomic E-state index is -0.368. The SMILES string of the molecule is Cc1cc2nnc(SC(C)C(=O)c3ccc(F)cc3)n2c2ccccc12. The predicted molar refractivity (Wildman–Crippen MR) is 101 cm³/mol. The highest BCUT2D eigenvalue weighted by Crippen LogP contribution is 2.29. The van der Waals surface area contributed by atoms with Crippen molar-refractivity contribution in [1.82, 2.24) is 14.6 Å². The largest absolute Gasteiger partial charge is 0.293 e. The molecule has 4 rings (SSSR count). The first kappa shape index (κ1) is 16.7. The van der Waals surface area contributed by atoms with Crippen molar-refractivity contribution in [3.8, 4) is 0 Å². The Morgan fingerprint density at radius 2 is 1.85 bits per heavy atom. The van der Waals surface area contributed by atoms with Crippen LogP contribution in [0.3, 0.4) is 0 Å². The third kappa shape index (κ3) is 2.86. The lowest BCUT2D eigenvalue weighted by molar-refractivity contribution is 0.0994. The Morgan fingerprint density at radius 1 is 1.12 bits per heavy atom. The molecule has 0 saturated carbocycles. The van der Waals surface area contributed by atoms with Gasteiger partial charge in [0, 0.05) is 10.9 Å². The van der Waals surface area contributed by atoms with E-state index in [1.165, 1.54) is 36.0 Å². The molecule has 2 heterocycles. The molecule has 0 N–H and O–H groups in total. The van der Waals surface area contributed by atoms with Gasteiger partial charge in [0.2, 0.25) is 0 Å². The van der Waals surface area contributed by atoms with E-state index in [4.69, 9.17) is 0 Å². The molecule has 0 amide bonds. The summed E-state index contributed by atoms with van der Waals surface area (Å²) in [5.41, 5.74) is 3.38. The molecule has 0 fully saturated rings. The normalized spacial score (nSPS) is 12.6. The van der Waals surface area contributed by atoms with Crippen LogP contribution in [0.15, 0.2) is 59.8 Å². The quantitative estimate of drug-likeness (QED) is 0.389. The fraction of sp³-hybridized carbons (Fsp3) is 0.150. The highest BCUT2D eigenvalue weighted by Gasteiger charge is 2.20. The van der Waals surface area contributed by atoms with Gasteiger partial charge in [-0.2, -0.15) is 0 Å². The number of hydrogen-bond donors (Lipinski definition) is 0. The van der Waals surface area contributed by atoms with Gasteiger partial charge >= 0.3 is 0 Å². The second-order valence-corrected chi connectivity index (χ2v) is 7.46. The van der Waals surface area contributed by atoms with Gasteiger partial charge in [-0.15, -0.1) is 10.2 Å². The van der Waals surface area contributed by atoms with Gasteiger partial charge in [0.05, 0.1) is 10.8 Å². The summed E-state index contributed by atoms with van der Waals surface area (Å²) in [6.45, 7) is 3.87. The van der Waals surface area contributed by atoms with Gasteiger partial charge in [-0.25, -0.2) is 4.39 Å². The lowest BCUT2D eigenvalue weighted by Crippen LogP contribution is -2.14. The van der Waals surface area contributed by atoms with Crippen molar-refractivity contribution in [2.24, 2.45) is 0 Å².